The zero-order chi connectivity index (χ0) is 17.7. The number of likely N-dealkylation sites (tertiary alicyclic amines) is 1. The molecule has 2 aliphatic rings. The van der Waals surface area contributed by atoms with Gasteiger partial charge in [-0.1, -0.05) is 24.3 Å². The number of hydrogen-bond donors (Lipinski definition) is 1. The van der Waals surface area contributed by atoms with E-state index in [0.717, 1.165) is 23.7 Å². The molecular formula is C21H19FN2O2. The molecule has 0 radical (unpaired) electrons. The van der Waals surface area contributed by atoms with Crippen molar-refractivity contribution in [1.29, 1.82) is 0 Å². The van der Waals surface area contributed by atoms with E-state index in [-0.39, 0.29) is 17.3 Å². The van der Waals surface area contributed by atoms with Gasteiger partial charge in [-0.25, -0.2) is 4.39 Å². The van der Waals surface area contributed by atoms with Gasteiger partial charge in [-0.15, -0.1) is 0 Å². The van der Waals surface area contributed by atoms with Crippen LogP contribution in [0.2, 0.25) is 0 Å². The molecular weight excluding hydrogens is 331 g/mol. The smallest absolute Gasteiger partial charge is 0.270 e. The van der Waals surface area contributed by atoms with Gasteiger partial charge in [-0.3, -0.25) is 4.79 Å². The number of nitrogens with zero attached hydrogens (tertiary/aromatic N) is 1. The maximum absolute atomic E-state index is 13.4. The van der Waals surface area contributed by atoms with Crippen LogP contribution in [0.3, 0.4) is 0 Å². The fourth-order valence-corrected chi connectivity index (χ4v) is 4.26. The molecule has 1 N–H and O–H groups in total. The Morgan fingerprint density at radius 1 is 1.12 bits per heavy atom. The van der Waals surface area contributed by atoms with E-state index in [1.54, 1.807) is 12.1 Å². The summed E-state index contributed by atoms with van der Waals surface area (Å²) in [4.78, 5) is 17.8. The summed E-state index contributed by atoms with van der Waals surface area (Å²) in [7, 11) is 0. The summed E-state index contributed by atoms with van der Waals surface area (Å²) in [5.41, 5.74) is 3.56. The van der Waals surface area contributed by atoms with Crippen molar-refractivity contribution in [1.82, 2.24) is 9.88 Å². The highest BCUT2D eigenvalue weighted by Gasteiger charge is 2.43. The molecule has 0 aliphatic carbocycles. The minimum atomic E-state index is -0.299. The third-order valence-corrected chi connectivity index (χ3v) is 5.68. The van der Waals surface area contributed by atoms with Gasteiger partial charge in [0, 0.05) is 24.0 Å². The average molecular weight is 350 g/mol. The molecule has 2 aliphatic heterocycles. The minimum Gasteiger partial charge on any atom is -0.365 e. The van der Waals surface area contributed by atoms with Gasteiger partial charge < -0.3 is 14.6 Å². The fraction of sp³-hybridized carbons (Fsp3) is 0.286. The molecule has 1 spiro atoms. The second kappa shape index (κ2) is 5.68. The van der Waals surface area contributed by atoms with Crippen LogP contribution >= 0.6 is 0 Å². The third kappa shape index (κ3) is 2.35. The summed E-state index contributed by atoms with van der Waals surface area (Å²) < 4.78 is 19.5. The molecule has 1 fully saturated rings. The van der Waals surface area contributed by atoms with Crippen LogP contribution in [0.4, 0.5) is 4.39 Å². The van der Waals surface area contributed by atoms with Crippen molar-refractivity contribution < 1.29 is 13.9 Å². The average Bonchev–Trinajstić information content (AvgIpc) is 3.24. The van der Waals surface area contributed by atoms with Gasteiger partial charge in [0.15, 0.2) is 0 Å². The second-order valence-corrected chi connectivity index (χ2v) is 7.15. The molecule has 2 aromatic carbocycles. The molecule has 5 rings (SSSR count). The predicted octanol–water partition coefficient (Wildman–Crippen LogP) is 3.97. The Balaban J connectivity index is 1.36. The number of H-pyrrole nitrogens is 1. The lowest BCUT2D eigenvalue weighted by Crippen LogP contribution is -2.45. The van der Waals surface area contributed by atoms with Crippen molar-refractivity contribution in [2.75, 3.05) is 13.1 Å². The molecule has 3 aromatic rings. The van der Waals surface area contributed by atoms with E-state index in [4.69, 9.17) is 4.74 Å². The monoisotopic (exact) mass is 350 g/mol. The topological polar surface area (TPSA) is 45.3 Å². The van der Waals surface area contributed by atoms with Crippen LogP contribution in [0.15, 0.2) is 48.5 Å². The second-order valence-electron chi connectivity index (χ2n) is 7.15. The number of hydrogen-bond acceptors (Lipinski definition) is 2. The molecule has 26 heavy (non-hydrogen) atoms. The highest BCUT2D eigenvalue weighted by atomic mass is 19.1. The summed E-state index contributed by atoms with van der Waals surface area (Å²) in [6.07, 6.45) is 1.59. The van der Waals surface area contributed by atoms with E-state index in [0.29, 0.717) is 25.4 Å². The number of nitrogens with one attached hydrogen (secondary N) is 1. The maximum atomic E-state index is 13.4. The number of carbonyl (C=O) groups excluding carboxylic acids is 1. The van der Waals surface area contributed by atoms with Crippen LogP contribution in [-0.4, -0.2) is 28.9 Å². The van der Waals surface area contributed by atoms with Crippen molar-refractivity contribution in [3.8, 4) is 0 Å². The van der Waals surface area contributed by atoms with E-state index in [1.165, 1.54) is 23.3 Å². The van der Waals surface area contributed by atoms with E-state index in [1.807, 2.05) is 11.0 Å². The van der Waals surface area contributed by atoms with Crippen LogP contribution in [0, 0.1) is 5.82 Å². The minimum absolute atomic E-state index is 0.0391. The number of halogens is 1. The van der Waals surface area contributed by atoms with Gasteiger partial charge in [0.2, 0.25) is 0 Å². The molecule has 0 saturated carbocycles. The van der Waals surface area contributed by atoms with Crippen LogP contribution in [0.25, 0.3) is 10.9 Å². The molecule has 1 amide bonds. The van der Waals surface area contributed by atoms with E-state index in [2.05, 4.69) is 23.2 Å². The van der Waals surface area contributed by atoms with E-state index in [9.17, 15) is 9.18 Å². The zero-order valence-corrected chi connectivity index (χ0v) is 14.3. The normalized spacial score (nSPS) is 18.4. The van der Waals surface area contributed by atoms with Gasteiger partial charge >= 0.3 is 0 Å². The summed E-state index contributed by atoms with van der Waals surface area (Å²) in [6, 6.07) is 14.6. The maximum Gasteiger partial charge on any atom is 0.270 e. The largest absolute Gasteiger partial charge is 0.365 e. The van der Waals surface area contributed by atoms with E-state index < -0.39 is 0 Å². The lowest BCUT2D eigenvalue weighted by atomic mass is 9.84. The van der Waals surface area contributed by atoms with Crippen molar-refractivity contribution in [3.05, 3.63) is 71.2 Å². The molecule has 3 heterocycles. The highest BCUT2D eigenvalue weighted by Crippen LogP contribution is 2.44. The van der Waals surface area contributed by atoms with Crippen LogP contribution in [-0.2, 0) is 16.9 Å². The van der Waals surface area contributed by atoms with Gasteiger partial charge in [-0.2, -0.15) is 0 Å². The lowest BCUT2D eigenvalue weighted by Gasteiger charge is -2.39. The van der Waals surface area contributed by atoms with Crippen molar-refractivity contribution in [3.63, 3.8) is 0 Å². The number of amides is 1. The standard InChI is InChI=1S/C21H19FN2O2/c22-16-5-6-18-15(11-16)12-19(23-18)20(25)24-9-7-21(8-10-24)17-4-2-1-3-14(17)13-26-21/h1-6,11-12,23H,7-10,13H2. The highest BCUT2D eigenvalue weighted by molar-refractivity contribution is 5.98. The van der Waals surface area contributed by atoms with Crippen molar-refractivity contribution in [2.24, 2.45) is 0 Å². The Labute approximate surface area is 150 Å². The number of aromatic amines is 1. The molecule has 0 bridgehead atoms. The molecule has 1 aromatic heterocycles. The molecule has 4 nitrogen and oxygen atoms in total. The number of aromatic nitrogens is 1. The Bertz CT molecular complexity index is 1000. The first-order chi connectivity index (χ1) is 12.6. The Morgan fingerprint density at radius 3 is 2.77 bits per heavy atom. The summed E-state index contributed by atoms with van der Waals surface area (Å²) >= 11 is 0. The number of rotatable bonds is 1. The Morgan fingerprint density at radius 2 is 1.92 bits per heavy atom. The summed E-state index contributed by atoms with van der Waals surface area (Å²) in [6.45, 7) is 1.95. The van der Waals surface area contributed by atoms with E-state index >= 15 is 0 Å². The van der Waals surface area contributed by atoms with Gasteiger partial charge in [0.05, 0.1) is 12.2 Å². The quantitative estimate of drug-likeness (QED) is 0.722. The zero-order valence-electron chi connectivity index (χ0n) is 14.3. The molecule has 0 unspecified atom stereocenters. The van der Waals surface area contributed by atoms with Crippen LogP contribution in [0.1, 0.15) is 34.5 Å². The van der Waals surface area contributed by atoms with Gasteiger partial charge in [0.1, 0.15) is 11.5 Å². The number of fused-ring (bicyclic) bond motifs is 3. The van der Waals surface area contributed by atoms with Gasteiger partial charge in [-0.05, 0) is 48.2 Å². The first-order valence-corrected chi connectivity index (χ1v) is 8.95. The first kappa shape index (κ1) is 15.6. The lowest BCUT2D eigenvalue weighted by molar-refractivity contribution is -0.0742. The fourth-order valence-electron chi connectivity index (χ4n) is 4.26. The van der Waals surface area contributed by atoms with Crippen LogP contribution in [0.5, 0.6) is 0 Å². The Hall–Kier alpha value is -2.66. The first-order valence-electron chi connectivity index (χ1n) is 8.95. The summed E-state index contributed by atoms with van der Waals surface area (Å²) in [5.74, 6) is -0.338. The number of carbonyl (C=O) groups is 1. The Kier molecular flexibility index (Phi) is 3.40. The SMILES string of the molecule is O=C(c1cc2cc(F)ccc2[nH]1)N1CCC2(CC1)OCc1ccccc12. The van der Waals surface area contributed by atoms with Crippen molar-refractivity contribution >= 4 is 16.8 Å². The third-order valence-electron chi connectivity index (χ3n) is 5.68. The molecule has 0 atom stereocenters. The molecule has 132 valence electrons. The summed E-state index contributed by atoms with van der Waals surface area (Å²) in [5, 5.41) is 0.717. The number of piperidine rings is 1. The van der Waals surface area contributed by atoms with Gasteiger partial charge in [0.25, 0.3) is 5.91 Å². The van der Waals surface area contributed by atoms with Crippen LogP contribution < -0.4 is 0 Å². The molecule has 5 heteroatoms. The van der Waals surface area contributed by atoms with Crippen molar-refractivity contribution in [2.45, 2.75) is 25.0 Å². The number of benzene rings is 2. The number of ether oxygens (including phenoxy) is 1. The predicted molar refractivity (Wildman–Crippen MR) is 96.3 cm³/mol. The molecule has 1 saturated heterocycles.